The van der Waals surface area contributed by atoms with Gasteiger partial charge in [0.2, 0.25) is 11.8 Å². The van der Waals surface area contributed by atoms with Crippen molar-refractivity contribution in [2.75, 3.05) is 14.2 Å². The van der Waals surface area contributed by atoms with Gasteiger partial charge >= 0.3 is 5.69 Å². The van der Waals surface area contributed by atoms with Crippen LogP contribution in [-0.2, 0) is 0 Å². The van der Waals surface area contributed by atoms with Gasteiger partial charge in [-0.25, -0.2) is 0 Å². The Morgan fingerprint density at radius 1 is 0.923 bits per heavy atom. The maximum atomic E-state index is 12.5. The van der Waals surface area contributed by atoms with E-state index in [9.17, 15) is 14.8 Å². The summed E-state index contributed by atoms with van der Waals surface area (Å²) >= 11 is 0. The maximum Gasteiger partial charge on any atom is 0.302 e. The Morgan fingerprint density at radius 2 is 1.46 bits per heavy atom. The summed E-state index contributed by atoms with van der Waals surface area (Å²) in [6.45, 7) is 0. The molecule has 0 saturated heterocycles. The van der Waals surface area contributed by atoms with Crippen LogP contribution in [0.5, 0.6) is 11.8 Å². The van der Waals surface area contributed by atoms with Crippen molar-refractivity contribution in [3.05, 3.63) is 52.2 Å². The number of rotatable bonds is 6. The van der Waals surface area contributed by atoms with Crippen LogP contribution in [0.2, 0.25) is 0 Å². The minimum atomic E-state index is -0.902. The SMILES string of the molecule is COc1ccc(C(=O)c2no[n+]([O-])c2C(=O)c2ccc(OC)nn2)nn1. The van der Waals surface area contributed by atoms with E-state index in [0.717, 1.165) is 0 Å². The zero-order chi connectivity index (χ0) is 18.7. The molecule has 3 aromatic rings. The van der Waals surface area contributed by atoms with Crippen LogP contribution in [-0.4, -0.2) is 51.3 Å². The third-order valence-electron chi connectivity index (χ3n) is 3.21. The molecule has 0 saturated carbocycles. The number of carbonyl (C=O) groups is 2. The number of ether oxygens (including phenoxy) is 2. The Balaban J connectivity index is 1.97. The van der Waals surface area contributed by atoms with Crippen molar-refractivity contribution in [3.63, 3.8) is 0 Å². The van der Waals surface area contributed by atoms with Gasteiger partial charge in [-0.1, -0.05) is 0 Å². The molecule has 0 aromatic carbocycles. The second-order valence-corrected chi connectivity index (χ2v) is 4.71. The Labute approximate surface area is 144 Å². The summed E-state index contributed by atoms with van der Waals surface area (Å²) in [5.41, 5.74) is -1.53. The zero-order valence-electron chi connectivity index (χ0n) is 13.4. The quantitative estimate of drug-likeness (QED) is 0.408. The van der Waals surface area contributed by atoms with Gasteiger partial charge in [0.05, 0.1) is 19.4 Å². The van der Waals surface area contributed by atoms with Crippen LogP contribution in [0.3, 0.4) is 0 Å². The molecule has 0 radical (unpaired) electrons. The third kappa shape index (κ3) is 3.02. The highest BCUT2D eigenvalue weighted by Crippen LogP contribution is 2.14. The lowest BCUT2D eigenvalue weighted by molar-refractivity contribution is -0.803. The van der Waals surface area contributed by atoms with Crippen molar-refractivity contribution in [1.82, 2.24) is 25.6 Å². The largest absolute Gasteiger partial charge is 0.480 e. The summed E-state index contributed by atoms with van der Waals surface area (Å²) in [4.78, 5) is 24.8. The summed E-state index contributed by atoms with van der Waals surface area (Å²) in [5, 5.41) is 29.7. The van der Waals surface area contributed by atoms with Crippen LogP contribution >= 0.6 is 0 Å². The van der Waals surface area contributed by atoms with Crippen molar-refractivity contribution in [2.24, 2.45) is 0 Å². The fourth-order valence-corrected chi connectivity index (χ4v) is 1.93. The molecule has 0 bridgehead atoms. The first kappa shape index (κ1) is 16.9. The molecule has 132 valence electrons. The lowest BCUT2D eigenvalue weighted by atomic mass is 10.1. The second-order valence-electron chi connectivity index (χ2n) is 4.71. The zero-order valence-corrected chi connectivity index (χ0v) is 13.4. The summed E-state index contributed by atoms with van der Waals surface area (Å²) < 4.78 is 14.1. The minimum absolute atomic E-state index is 0.158. The van der Waals surface area contributed by atoms with E-state index in [1.54, 1.807) is 0 Å². The molecule has 0 unspecified atom stereocenters. The molecule has 3 aromatic heterocycles. The first-order valence-corrected chi connectivity index (χ1v) is 6.99. The first-order valence-electron chi connectivity index (χ1n) is 6.99. The van der Waals surface area contributed by atoms with Crippen molar-refractivity contribution in [1.29, 1.82) is 0 Å². The molecule has 0 N–H and O–H groups in total. The van der Waals surface area contributed by atoms with Crippen LogP contribution < -0.4 is 14.4 Å². The molecule has 0 spiro atoms. The standard InChI is InChI=1S/C14H10N6O6/c1-24-9-5-3-7(15-17-9)13(21)11-12(20(23)26-19-11)14(22)8-4-6-10(25-2)18-16-8/h3-6H,1-2H3. The van der Waals surface area contributed by atoms with Gasteiger partial charge < -0.3 is 14.7 Å². The predicted molar refractivity (Wildman–Crippen MR) is 79.5 cm³/mol. The van der Waals surface area contributed by atoms with Crippen molar-refractivity contribution < 1.29 is 28.6 Å². The average Bonchev–Trinajstić information content (AvgIpc) is 3.08. The monoisotopic (exact) mass is 358 g/mol. The minimum Gasteiger partial charge on any atom is -0.480 e. The van der Waals surface area contributed by atoms with Crippen molar-refractivity contribution in [2.45, 2.75) is 0 Å². The van der Waals surface area contributed by atoms with Crippen molar-refractivity contribution >= 4 is 11.6 Å². The van der Waals surface area contributed by atoms with Gasteiger partial charge in [-0.2, -0.15) is 0 Å². The molecular formula is C14H10N6O6. The average molecular weight is 358 g/mol. The van der Waals surface area contributed by atoms with Crippen LogP contribution in [0.15, 0.2) is 28.9 Å². The highest BCUT2D eigenvalue weighted by Gasteiger charge is 2.35. The van der Waals surface area contributed by atoms with E-state index in [2.05, 4.69) is 30.2 Å². The van der Waals surface area contributed by atoms with Gasteiger partial charge in [0, 0.05) is 12.1 Å². The predicted octanol–water partition coefficient (Wildman–Crippen LogP) is -0.633. The van der Waals surface area contributed by atoms with Gasteiger partial charge in [0.25, 0.3) is 17.3 Å². The summed E-state index contributed by atoms with van der Waals surface area (Å²) in [6.07, 6.45) is 0. The Hall–Kier alpha value is -3.96. The normalized spacial score (nSPS) is 10.4. The summed E-state index contributed by atoms with van der Waals surface area (Å²) in [6, 6.07) is 5.35. The second kappa shape index (κ2) is 6.88. The van der Waals surface area contributed by atoms with Gasteiger partial charge in [-0.3, -0.25) is 14.2 Å². The van der Waals surface area contributed by atoms with E-state index in [-0.39, 0.29) is 28.1 Å². The van der Waals surface area contributed by atoms with E-state index in [0.29, 0.717) is 0 Å². The Kier molecular flexibility index (Phi) is 4.47. The lowest BCUT2D eigenvalue weighted by Gasteiger charge is -2.00. The maximum absolute atomic E-state index is 12.5. The number of carbonyl (C=O) groups excluding carboxylic acids is 2. The van der Waals surface area contributed by atoms with Crippen LogP contribution in [0.25, 0.3) is 0 Å². The van der Waals surface area contributed by atoms with Crippen LogP contribution in [0.4, 0.5) is 0 Å². The molecule has 0 aliphatic heterocycles. The van der Waals surface area contributed by atoms with E-state index < -0.39 is 23.0 Å². The van der Waals surface area contributed by atoms with Gasteiger partial charge in [0.1, 0.15) is 11.4 Å². The highest BCUT2D eigenvalue weighted by atomic mass is 16.8. The molecule has 0 aliphatic carbocycles. The summed E-state index contributed by atoms with van der Waals surface area (Å²) in [7, 11) is 2.76. The van der Waals surface area contributed by atoms with E-state index in [4.69, 9.17) is 9.47 Å². The third-order valence-corrected chi connectivity index (χ3v) is 3.21. The number of ketones is 2. The molecule has 0 atom stereocenters. The van der Waals surface area contributed by atoms with Gasteiger partial charge in [-0.15, -0.1) is 20.4 Å². The van der Waals surface area contributed by atoms with E-state index >= 15 is 0 Å². The Bertz CT molecular complexity index is 953. The number of hydrogen-bond donors (Lipinski definition) is 0. The first-order chi connectivity index (χ1) is 12.5. The molecule has 26 heavy (non-hydrogen) atoms. The molecular weight excluding hydrogens is 348 g/mol. The molecule has 12 nitrogen and oxygen atoms in total. The molecule has 0 amide bonds. The molecule has 12 heteroatoms. The topological polar surface area (TPSA) is 157 Å². The summed E-state index contributed by atoms with van der Waals surface area (Å²) in [5.74, 6) is -1.37. The lowest BCUT2D eigenvalue weighted by Crippen LogP contribution is -2.33. The smallest absolute Gasteiger partial charge is 0.302 e. The fraction of sp³-hybridized carbons (Fsp3) is 0.143. The molecule has 0 fully saturated rings. The number of methoxy groups -OCH3 is 2. The number of aromatic nitrogens is 6. The molecule has 3 heterocycles. The number of hydrogen-bond acceptors (Lipinski definition) is 11. The van der Waals surface area contributed by atoms with E-state index in [1.165, 1.54) is 38.5 Å². The van der Waals surface area contributed by atoms with Crippen molar-refractivity contribution in [3.8, 4) is 11.8 Å². The van der Waals surface area contributed by atoms with Crippen LogP contribution in [0.1, 0.15) is 32.4 Å². The number of nitrogens with zero attached hydrogens (tertiary/aromatic N) is 6. The van der Waals surface area contributed by atoms with E-state index in [1.807, 2.05) is 0 Å². The molecule has 0 aliphatic rings. The molecule has 3 rings (SSSR count). The Morgan fingerprint density at radius 3 is 1.92 bits per heavy atom. The van der Waals surface area contributed by atoms with Gasteiger partial charge in [-0.05, 0) is 17.0 Å². The van der Waals surface area contributed by atoms with Gasteiger partial charge in [0.15, 0.2) is 0 Å². The van der Waals surface area contributed by atoms with Crippen LogP contribution in [0, 0.1) is 5.21 Å². The highest BCUT2D eigenvalue weighted by molar-refractivity contribution is 6.15. The fourth-order valence-electron chi connectivity index (χ4n) is 1.93.